The molecule has 19 heavy (non-hydrogen) atoms. The zero-order valence-electron chi connectivity index (χ0n) is 11.6. The van der Waals surface area contributed by atoms with Gasteiger partial charge in [0.1, 0.15) is 0 Å². The molecule has 2 rings (SSSR count). The Kier molecular flexibility index (Phi) is 3.66. The number of rotatable bonds is 2. The zero-order valence-corrected chi connectivity index (χ0v) is 11.6. The van der Waals surface area contributed by atoms with Crippen LogP contribution in [0.2, 0.25) is 0 Å². The third-order valence-corrected chi connectivity index (χ3v) is 3.19. The van der Waals surface area contributed by atoms with Gasteiger partial charge in [-0.25, -0.2) is 0 Å². The van der Waals surface area contributed by atoms with E-state index in [-0.39, 0.29) is 5.41 Å². The van der Waals surface area contributed by atoms with E-state index >= 15 is 0 Å². The smallest absolute Gasteiger partial charge is 0.0744 e. The van der Waals surface area contributed by atoms with Crippen molar-refractivity contribution >= 4 is 0 Å². The lowest BCUT2D eigenvalue weighted by Gasteiger charge is -2.19. The average Bonchev–Trinajstić information content (AvgIpc) is 2.39. The molecular formula is C17H18N2. The number of hydrogen-bond donors (Lipinski definition) is 0. The molecule has 96 valence electrons. The van der Waals surface area contributed by atoms with Gasteiger partial charge in [0.15, 0.2) is 0 Å². The minimum absolute atomic E-state index is 0.151. The third-order valence-electron chi connectivity index (χ3n) is 3.19. The predicted molar refractivity (Wildman–Crippen MR) is 77.7 cm³/mol. The number of aromatic nitrogens is 1. The predicted octanol–water partition coefficient (Wildman–Crippen LogP) is 4.11. The first-order chi connectivity index (χ1) is 9.02. The van der Waals surface area contributed by atoms with Crippen molar-refractivity contribution < 1.29 is 0 Å². The van der Waals surface area contributed by atoms with Crippen LogP contribution in [0.4, 0.5) is 0 Å². The zero-order chi connectivity index (χ0) is 13.9. The second-order valence-corrected chi connectivity index (χ2v) is 5.67. The van der Waals surface area contributed by atoms with Gasteiger partial charge in [-0.3, -0.25) is 4.98 Å². The lowest BCUT2D eigenvalue weighted by Crippen LogP contribution is -2.10. The Morgan fingerprint density at radius 3 is 2.37 bits per heavy atom. The van der Waals surface area contributed by atoms with Crippen LogP contribution in [-0.2, 0) is 11.8 Å². The van der Waals surface area contributed by atoms with Crippen LogP contribution in [0.25, 0.3) is 11.3 Å². The van der Waals surface area contributed by atoms with Gasteiger partial charge in [0.2, 0.25) is 0 Å². The fourth-order valence-corrected chi connectivity index (χ4v) is 2.05. The average molecular weight is 250 g/mol. The summed E-state index contributed by atoms with van der Waals surface area (Å²) in [4.78, 5) is 4.41. The summed E-state index contributed by atoms with van der Waals surface area (Å²) < 4.78 is 0. The largest absolute Gasteiger partial charge is 0.256 e. The Bertz CT molecular complexity index is 598. The molecular weight excluding hydrogens is 232 g/mol. The number of pyridine rings is 1. The van der Waals surface area contributed by atoms with E-state index in [2.05, 4.69) is 56.1 Å². The van der Waals surface area contributed by atoms with E-state index in [1.807, 2.05) is 12.1 Å². The van der Waals surface area contributed by atoms with Crippen molar-refractivity contribution in [3.8, 4) is 17.3 Å². The molecule has 0 fully saturated rings. The van der Waals surface area contributed by atoms with Gasteiger partial charge in [-0.15, -0.1) is 0 Å². The summed E-state index contributed by atoms with van der Waals surface area (Å²) in [5.74, 6) is 0. The maximum absolute atomic E-state index is 8.86. The van der Waals surface area contributed by atoms with E-state index in [0.29, 0.717) is 6.42 Å². The fraction of sp³-hybridized carbons (Fsp3) is 0.294. The molecule has 1 aromatic carbocycles. The van der Waals surface area contributed by atoms with Gasteiger partial charge in [-0.2, -0.15) is 5.26 Å². The highest BCUT2D eigenvalue weighted by Crippen LogP contribution is 2.26. The highest BCUT2D eigenvalue weighted by molar-refractivity contribution is 5.63. The molecule has 0 aliphatic carbocycles. The molecule has 0 radical (unpaired) electrons. The summed E-state index contributed by atoms with van der Waals surface area (Å²) in [6.07, 6.45) is 2.16. The normalized spacial score (nSPS) is 11.1. The second-order valence-electron chi connectivity index (χ2n) is 5.67. The number of nitriles is 1. The first-order valence-electron chi connectivity index (χ1n) is 6.44. The van der Waals surface area contributed by atoms with Crippen LogP contribution in [0, 0.1) is 11.3 Å². The summed E-state index contributed by atoms with van der Waals surface area (Å²) in [6, 6.07) is 14.5. The molecule has 0 aliphatic heterocycles. The van der Waals surface area contributed by atoms with Crippen LogP contribution in [0.3, 0.4) is 0 Å². The van der Waals surface area contributed by atoms with Gasteiger partial charge in [0.25, 0.3) is 0 Å². The molecule has 1 heterocycles. The number of hydrogen-bond acceptors (Lipinski definition) is 2. The van der Waals surface area contributed by atoms with Gasteiger partial charge < -0.3 is 0 Å². The van der Waals surface area contributed by atoms with Crippen molar-refractivity contribution in [1.29, 1.82) is 5.26 Å². The number of benzene rings is 1. The van der Waals surface area contributed by atoms with Crippen LogP contribution in [0.1, 0.15) is 31.9 Å². The van der Waals surface area contributed by atoms with Crippen molar-refractivity contribution in [1.82, 2.24) is 4.98 Å². The molecule has 0 bridgehead atoms. The molecule has 0 N–H and O–H groups in total. The van der Waals surface area contributed by atoms with Crippen LogP contribution in [0.15, 0.2) is 42.6 Å². The summed E-state index contributed by atoms with van der Waals surface area (Å²) in [6.45, 7) is 6.59. The van der Waals surface area contributed by atoms with Crippen LogP contribution in [-0.4, -0.2) is 4.98 Å². The summed E-state index contributed by atoms with van der Waals surface area (Å²) in [5, 5.41) is 8.86. The van der Waals surface area contributed by atoms with Crippen LogP contribution < -0.4 is 0 Å². The molecule has 0 amide bonds. The van der Waals surface area contributed by atoms with Gasteiger partial charge in [-0.05, 0) is 22.6 Å². The molecule has 2 aromatic rings. The van der Waals surface area contributed by atoms with Crippen molar-refractivity contribution in [2.45, 2.75) is 32.6 Å². The second kappa shape index (κ2) is 5.24. The van der Waals surface area contributed by atoms with Crippen molar-refractivity contribution in [2.24, 2.45) is 0 Å². The van der Waals surface area contributed by atoms with Crippen molar-refractivity contribution in [2.75, 3.05) is 0 Å². The van der Waals surface area contributed by atoms with Gasteiger partial charge in [-0.1, -0.05) is 51.1 Å². The Labute approximate surface area is 114 Å². The maximum Gasteiger partial charge on any atom is 0.0744 e. The minimum Gasteiger partial charge on any atom is -0.256 e. The topological polar surface area (TPSA) is 36.7 Å². The highest BCUT2D eigenvalue weighted by Gasteiger charge is 2.13. The molecule has 0 atom stereocenters. The van der Waals surface area contributed by atoms with Crippen molar-refractivity contribution in [3.63, 3.8) is 0 Å². The van der Waals surface area contributed by atoms with E-state index < -0.39 is 0 Å². The SMILES string of the molecule is CC(C)(C)c1ccc(-c2ncccc2CC#N)cc1. The molecule has 0 unspecified atom stereocenters. The molecule has 0 saturated carbocycles. The standard InChI is InChI=1S/C17H18N2/c1-17(2,3)15-8-6-14(7-9-15)16-13(10-11-18)5-4-12-19-16/h4-9,12H,10H2,1-3H3. The van der Waals surface area contributed by atoms with E-state index in [0.717, 1.165) is 16.8 Å². The van der Waals surface area contributed by atoms with Crippen molar-refractivity contribution in [3.05, 3.63) is 53.7 Å². The number of nitrogens with zero attached hydrogens (tertiary/aromatic N) is 2. The van der Waals surface area contributed by atoms with E-state index in [1.165, 1.54) is 5.56 Å². The van der Waals surface area contributed by atoms with E-state index in [1.54, 1.807) is 6.20 Å². The summed E-state index contributed by atoms with van der Waals surface area (Å²) in [5.41, 5.74) is 4.41. The monoisotopic (exact) mass is 250 g/mol. The van der Waals surface area contributed by atoms with Gasteiger partial charge in [0, 0.05) is 11.8 Å². The van der Waals surface area contributed by atoms with Gasteiger partial charge >= 0.3 is 0 Å². The minimum atomic E-state index is 0.151. The Balaban J connectivity index is 2.41. The Morgan fingerprint density at radius 2 is 1.79 bits per heavy atom. The van der Waals surface area contributed by atoms with E-state index in [9.17, 15) is 0 Å². The van der Waals surface area contributed by atoms with Crippen LogP contribution >= 0.6 is 0 Å². The molecule has 0 saturated heterocycles. The molecule has 2 heteroatoms. The van der Waals surface area contributed by atoms with Crippen LogP contribution in [0.5, 0.6) is 0 Å². The summed E-state index contributed by atoms with van der Waals surface area (Å²) in [7, 11) is 0. The molecule has 0 aliphatic rings. The van der Waals surface area contributed by atoms with Gasteiger partial charge in [0.05, 0.1) is 18.2 Å². The maximum atomic E-state index is 8.86. The summed E-state index contributed by atoms with van der Waals surface area (Å²) >= 11 is 0. The highest BCUT2D eigenvalue weighted by atomic mass is 14.7. The Hall–Kier alpha value is -2.14. The molecule has 1 aromatic heterocycles. The quantitative estimate of drug-likeness (QED) is 0.804. The fourth-order valence-electron chi connectivity index (χ4n) is 2.05. The lowest BCUT2D eigenvalue weighted by molar-refractivity contribution is 0.590. The first-order valence-corrected chi connectivity index (χ1v) is 6.44. The molecule has 0 spiro atoms. The first kappa shape index (κ1) is 13.3. The third kappa shape index (κ3) is 3.00. The lowest BCUT2D eigenvalue weighted by atomic mass is 9.86. The molecule has 2 nitrogen and oxygen atoms in total. The Morgan fingerprint density at radius 1 is 1.11 bits per heavy atom. The van der Waals surface area contributed by atoms with E-state index in [4.69, 9.17) is 5.26 Å².